The van der Waals surface area contributed by atoms with Gasteiger partial charge in [0.2, 0.25) is 11.8 Å². The minimum Gasteiger partial charge on any atom is -0.342 e. The van der Waals surface area contributed by atoms with E-state index in [4.69, 9.17) is 0 Å². The zero-order valence-electron chi connectivity index (χ0n) is 15.9. The van der Waals surface area contributed by atoms with Crippen LogP contribution in [0.4, 0.5) is 0 Å². The highest BCUT2D eigenvalue weighted by Gasteiger charge is 2.42. The summed E-state index contributed by atoms with van der Waals surface area (Å²) in [5.74, 6) is 0.363. The number of likely N-dealkylation sites (tertiary alicyclic amines) is 2. The first-order valence-corrected chi connectivity index (χ1v) is 9.43. The number of nitrogens with zero attached hydrogens (tertiary/aromatic N) is 5. The van der Waals surface area contributed by atoms with Gasteiger partial charge in [0, 0.05) is 63.2 Å². The van der Waals surface area contributed by atoms with Crippen molar-refractivity contribution in [2.45, 2.75) is 32.1 Å². The number of likely N-dealkylation sites (N-methyl/N-ethyl adjacent to an activating group) is 1. The Morgan fingerprint density at radius 3 is 2.85 bits per heavy atom. The molecule has 2 aliphatic rings. The van der Waals surface area contributed by atoms with Gasteiger partial charge in [0.15, 0.2) is 0 Å². The Hall–Kier alpha value is -2.02. The monoisotopic (exact) mass is 359 g/mol. The van der Waals surface area contributed by atoms with Crippen molar-refractivity contribution in [3.05, 3.63) is 24.3 Å². The molecule has 7 heteroatoms. The van der Waals surface area contributed by atoms with Crippen LogP contribution < -0.4 is 0 Å². The summed E-state index contributed by atoms with van der Waals surface area (Å²) in [5, 5.41) is 0. The van der Waals surface area contributed by atoms with Crippen LogP contribution in [0.1, 0.15) is 31.4 Å². The fourth-order valence-electron chi connectivity index (χ4n) is 4.07. The van der Waals surface area contributed by atoms with E-state index in [1.54, 1.807) is 18.6 Å². The smallest absolute Gasteiger partial charge is 0.228 e. The van der Waals surface area contributed by atoms with Crippen molar-refractivity contribution < 1.29 is 9.59 Å². The topological polar surface area (TPSA) is 69.6 Å². The molecule has 0 radical (unpaired) electrons. The van der Waals surface area contributed by atoms with E-state index in [1.807, 2.05) is 23.9 Å². The summed E-state index contributed by atoms with van der Waals surface area (Å²) in [4.78, 5) is 39.4. The second kappa shape index (κ2) is 8.12. The molecule has 1 spiro atoms. The van der Waals surface area contributed by atoms with E-state index in [-0.39, 0.29) is 17.2 Å². The molecule has 0 N–H and O–H groups in total. The maximum absolute atomic E-state index is 12.7. The molecule has 26 heavy (non-hydrogen) atoms. The molecule has 2 fully saturated rings. The molecular weight excluding hydrogens is 330 g/mol. The van der Waals surface area contributed by atoms with Crippen molar-refractivity contribution >= 4 is 11.8 Å². The second-order valence-corrected chi connectivity index (χ2v) is 7.91. The van der Waals surface area contributed by atoms with Gasteiger partial charge < -0.3 is 14.7 Å². The first-order valence-electron chi connectivity index (χ1n) is 9.43. The quantitative estimate of drug-likeness (QED) is 0.778. The first kappa shape index (κ1) is 18.8. The van der Waals surface area contributed by atoms with Crippen LogP contribution in [0.5, 0.6) is 0 Å². The van der Waals surface area contributed by atoms with Crippen molar-refractivity contribution in [1.82, 2.24) is 24.7 Å². The Kier molecular flexibility index (Phi) is 5.86. The average molecular weight is 359 g/mol. The van der Waals surface area contributed by atoms with Crippen LogP contribution in [0.25, 0.3) is 0 Å². The predicted molar refractivity (Wildman–Crippen MR) is 98.4 cm³/mol. The van der Waals surface area contributed by atoms with Gasteiger partial charge in [-0.05, 0) is 33.4 Å². The van der Waals surface area contributed by atoms with Crippen molar-refractivity contribution in [2.75, 3.05) is 46.8 Å². The summed E-state index contributed by atoms with van der Waals surface area (Å²) in [5.41, 5.74) is 0.764. The average Bonchev–Trinajstić information content (AvgIpc) is 2.63. The Balaban J connectivity index is 1.63. The lowest BCUT2D eigenvalue weighted by molar-refractivity contribution is -0.142. The summed E-state index contributed by atoms with van der Waals surface area (Å²) in [6.07, 6.45) is 8.77. The number of hydrogen-bond donors (Lipinski definition) is 0. The van der Waals surface area contributed by atoms with E-state index in [0.717, 1.165) is 52.0 Å². The molecule has 2 aliphatic heterocycles. The lowest BCUT2D eigenvalue weighted by Gasteiger charge is -2.48. The largest absolute Gasteiger partial charge is 0.342 e. The molecule has 0 unspecified atom stereocenters. The molecule has 2 amide bonds. The fraction of sp³-hybridized carbons (Fsp3) is 0.684. The normalized spacial score (nSPS) is 23.7. The summed E-state index contributed by atoms with van der Waals surface area (Å²) < 4.78 is 0. The van der Waals surface area contributed by atoms with Crippen LogP contribution in [0.2, 0.25) is 0 Å². The van der Waals surface area contributed by atoms with Crippen LogP contribution in [-0.2, 0) is 16.0 Å². The third-order valence-electron chi connectivity index (χ3n) is 5.53. The Morgan fingerprint density at radius 2 is 2.12 bits per heavy atom. The Bertz CT molecular complexity index is 636. The minimum atomic E-state index is 0.0521. The number of piperidine rings is 2. The Labute approximate surface area is 155 Å². The third kappa shape index (κ3) is 4.58. The molecule has 0 saturated carbocycles. The van der Waals surface area contributed by atoms with E-state index >= 15 is 0 Å². The fourth-order valence-corrected chi connectivity index (χ4v) is 4.07. The summed E-state index contributed by atoms with van der Waals surface area (Å²) in [6, 6.07) is 0. The van der Waals surface area contributed by atoms with Gasteiger partial charge in [-0.25, -0.2) is 0 Å². The molecule has 0 aliphatic carbocycles. The molecule has 0 bridgehead atoms. The molecule has 7 nitrogen and oxygen atoms in total. The summed E-state index contributed by atoms with van der Waals surface area (Å²) in [7, 11) is 4.05. The molecule has 1 atom stereocenters. The van der Waals surface area contributed by atoms with Crippen LogP contribution in [0.3, 0.4) is 0 Å². The van der Waals surface area contributed by atoms with Gasteiger partial charge in [-0.1, -0.05) is 0 Å². The molecule has 1 aromatic heterocycles. The highest BCUT2D eigenvalue weighted by Crippen LogP contribution is 2.38. The molecule has 1 aromatic rings. The maximum Gasteiger partial charge on any atom is 0.228 e. The third-order valence-corrected chi connectivity index (χ3v) is 5.53. The van der Waals surface area contributed by atoms with Crippen LogP contribution >= 0.6 is 0 Å². The molecular formula is C19H29N5O2. The second-order valence-electron chi connectivity index (χ2n) is 7.91. The van der Waals surface area contributed by atoms with E-state index in [2.05, 4.69) is 14.9 Å². The first-order chi connectivity index (χ1) is 12.5. The van der Waals surface area contributed by atoms with E-state index in [0.29, 0.717) is 18.5 Å². The molecule has 142 valence electrons. The maximum atomic E-state index is 12.7. The zero-order chi connectivity index (χ0) is 18.6. The van der Waals surface area contributed by atoms with Crippen LogP contribution in [0.15, 0.2) is 18.6 Å². The van der Waals surface area contributed by atoms with Crippen molar-refractivity contribution in [3.63, 3.8) is 0 Å². The van der Waals surface area contributed by atoms with Crippen LogP contribution in [0, 0.1) is 5.41 Å². The van der Waals surface area contributed by atoms with E-state index < -0.39 is 0 Å². The number of amides is 2. The van der Waals surface area contributed by atoms with Crippen molar-refractivity contribution in [2.24, 2.45) is 5.41 Å². The SMILES string of the molecule is CN(C)CCN1C[C@@]2(CCCN(C(=O)Cc3cnccn3)C2)CCC1=O. The number of aromatic nitrogens is 2. The van der Waals surface area contributed by atoms with Gasteiger partial charge in [-0.3, -0.25) is 19.6 Å². The summed E-state index contributed by atoms with van der Waals surface area (Å²) in [6.45, 7) is 3.96. The summed E-state index contributed by atoms with van der Waals surface area (Å²) >= 11 is 0. The number of carbonyl (C=O) groups is 2. The van der Waals surface area contributed by atoms with Crippen molar-refractivity contribution in [3.8, 4) is 0 Å². The highest BCUT2D eigenvalue weighted by molar-refractivity contribution is 5.79. The standard InChI is InChI=1S/C19H29N5O2/c1-22(2)10-11-24-15-19(6-4-17(24)25)5-3-9-23(14-19)18(26)12-16-13-20-7-8-21-16/h7-8,13H,3-6,9-12,14-15H2,1-2H3/t19-/m0/s1. The van der Waals surface area contributed by atoms with Gasteiger partial charge in [-0.15, -0.1) is 0 Å². The van der Waals surface area contributed by atoms with E-state index in [1.165, 1.54) is 0 Å². The molecule has 0 aromatic carbocycles. The minimum absolute atomic E-state index is 0.0521. The number of hydrogen-bond acceptors (Lipinski definition) is 5. The molecule has 3 rings (SSSR count). The van der Waals surface area contributed by atoms with Crippen molar-refractivity contribution in [1.29, 1.82) is 0 Å². The van der Waals surface area contributed by atoms with Gasteiger partial charge in [0.25, 0.3) is 0 Å². The lowest BCUT2D eigenvalue weighted by atomic mass is 9.73. The predicted octanol–water partition coefficient (Wildman–Crippen LogP) is 0.812. The highest BCUT2D eigenvalue weighted by atomic mass is 16.2. The van der Waals surface area contributed by atoms with Gasteiger partial charge in [-0.2, -0.15) is 0 Å². The number of carbonyl (C=O) groups excluding carboxylic acids is 2. The Morgan fingerprint density at radius 1 is 1.27 bits per heavy atom. The van der Waals surface area contributed by atoms with Gasteiger partial charge >= 0.3 is 0 Å². The molecule has 3 heterocycles. The molecule has 2 saturated heterocycles. The zero-order valence-corrected chi connectivity index (χ0v) is 15.9. The van der Waals surface area contributed by atoms with Gasteiger partial charge in [0.05, 0.1) is 12.1 Å². The van der Waals surface area contributed by atoms with Gasteiger partial charge in [0.1, 0.15) is 0 Å². The van der Waals surface area contributed by atoms with E-state index in [9.17, 15) is 9.59 Å². The van der Waals surface area contributed by atoms with Crippen LogP contribution in [-0.4, -0.2) is 83.3 Å². The lowest BCUT2D eigenvalue weighted by Crippen LogP contribution is -2.56. The number of rotatable bonds is 5.